The molecule has 0 aliphatic carbocycles. The van der Waals surface area contributed by atoms with Gasteiger partial charge in [0, 0.05) is 18.0 Å². The van der Waals surface area contributed by atoms with E-state index in [1.807, 2.05) is 18.5 Å². The second-order valence-electron chi connectivity index (χ2n) is 9.60. The summed E-state index contributed by atoms with van der Waals surface area (Å²) in [7, 11) is 0. The van der Waals surface area contributed by atoms with E-state index in [2.05, 4.69) is 46.7 Å². The smallest absolute Gasteiger partial charge is 0.545 e. The van der Waals surface area contributed by atoms with Crippen molar-refractivity contribution in [3.63, 3.8) is 0 Å². The maximum Gasteiger partial charge on any atom is 1.00 e. The molecule has 0 fully saturated rings. The molecule has 0 saturated heterocycles. The third-order valence-electron chi connectivity index (χ3n) is 6.57. The van der Waals surface area contributed by atoms with Crippen molar-refractivity contribution >= 4 is 72.8 Å². The van der Waals surface area contributed by atoms with Gasteiger partial charge in [0.1, 0.15) is 0 Å². The van der Waals surface area contributed by atoms with E-state index in [9.17, 15) is 14.7 Å². The molecular weight excluding hydrogens is 794 g/mol. The van der Waals surface area contributed by atoms with E-state index in [1.54, 1.807) is 35.3 Å². The molecule has 4 rings (SSSR count). The maximum absolute atomic E-state index is 10.7. The number of aromatic nitrogens is 4. The first-order valence-corrected chi connectivity index (χ1v) is 24.1. The van der Waals surface area contributed by atoms with Crippen molar-refractivity contribution < 1.29 is 71.2 Å². The first-order chi connectivity index (χ1) is 20.3. The van der Waals surface area contributed by atoms with Crippen LogP contribution in [0.4, 0.5) is 0 Å². The van der Waals surface area contributed by atoms with E-state index < -0.39 is 30.3 Å². The van der Waals surface area contributed by atoms with Crippen molar-refractivity contribution in [1.82, 2.24) is 19.9 Å². The maximum atomic E-state index is 10.7. The second kappa shape index (κ2) is 24.6. The van der Waals surface area contributed by atoms with Crippen molar-refractivity contribution in [1.29, 1.82) is 0 Å². The molecule has 0 aromatic carbocycles. The van der Waals surface area contributed by atoms with E-state index in [0.717, 1.165) is 0 Å². The zero-order valence-electron chi connectivity index (χ0n) is 25.3. The summed E-state index contributed by atoms with van der Waals surface area (Å²) in [5.74, 6) is -1.67. The fourth-order valence-electron chi connectivity index (χ4n) is 4.33. The Kier molecular flexibility index (Phi) is 24.2. The molecule has 0 atom stereocenters. The molecule has 8 nitrogen and oxygen atoms in total. The van der Waals surface area contributed by atoms with Crippen LogP contribution in [0.1, 0.15) is 87.4 Å². The standard InChI is InChI=1S/C9H6N2O2S.C5H3BrO2S.C4H3N2.3C4H9.CH4.K.Sn/c12-9(13)6-2-5-14-7(6)8-10-3-1-4-11-8;6-4-3(5(7)8)1-2-9-4;1-2-5-4-6-3-1;3*1-3-4-2;;;/h1-5H,(H,12,13);1-2H,(H,7,8);1-3H;3*1,3-4H2,2H3;1H4;;/q;;;;;;;+1;/p-1. The van der Waals surface area contributed by atoms with Crippen LogP contribution < -0.4 is 60.3 Å². The molecule has 44 heavy (non-hydrogen) atoms. The third kappa shape index (κ3) is 14.5. The second-order valence-corrected chi connectivity index (χ2v) is 25.6. The van der Waals surface area contributed by atoms with Gasteiger partial charge < -0.3 is 15.0 Å². The average Bonchev–Trinajstić information content (AvgIpc) is 3.68. The number of hydrogen-bond donors (Lipinski definition) is 1. The van der Waals surface area contributed by atoms with Crippen LogP contribution in [-0.4, -0.2) is 55.4 Å². The minimum absolute atomic E-state index is 0. The number of hydrogen-bond acceptors (Lipinski definition) is 9. The molecule has 0 radical (unpaired) electrons. The number of thiophene rings is 2. The average molecular weight is 837 g/mol. The first kappa shape index (κ1) is 43.4. The summed E-state index contributed by atoms with van der Waals surface area (Å²) in [6.45, 7) is 6.92. The summed E-state index contributed by atoms with van der Waals surface area (Å²) in [5.41, 5.74) is 0.473. The Morgan fingerprint density at radius 2 is 1.27 bits per heavy atom. The Hall–Kier alpha value is -0.585. The van der Waals surface area contributed by atoms with Crippen LogP contribution in [0, 0.1) is 0 Å². The van der Waals surface area contributed by atoms with Crippen LogP contribution in [0.25, 0.3) is 10.7 Å². The van der Waals surface area contributed by atoms with Gasteiger partial charge in [0.15, 0.2) is 5.82 Å². The van der Waals surface area contributed by atoms with E-state index in [1.165, 1.54) is 84.4 Å². The summed E-state index contributed by atoms with van der Waals surface area (Å²) < 4.78 is 6.33. The number of rotatable bonds is 13. The number of nitrogens with zero attached hydrogens (tertiary/aromatic N) is 4. The van der Waals surface area contributed by atoms with Crippen LogP contribution in [0.15, 0.2) is 63.6 Å². The molecule has 0 amide bonds. The Morgan fingerprint density at radius 3 is 1.66 bits per heavy atom. The molecule has 0 saturated carbocycles. The molecule has 13 heteroatoms. The summed E-state index contributed by atoms with van der Waals surface area (Å²) in [5, 5.41) is 22.5. The van der Waals surface area contributed by atoms with Crippen molar-refractivity contribution in [3.05, 3.63) is 74.7 Å². The number of unbranched alkanes of at least 4 members (excludes halogenated alkanes) is 3. The van der Waals surface area contributed by atoms with Gasteiger partial charge >= 0.3 is 181 Å². The zero-order chi connectivity index (χ0) is 30.8. The minimum atomic E-state index is -2.32. The van der Waals surface area contributed by atoms with Gasteiger partial charge in [-0.15, -0.1) is 22.7 Å². The first-order valence-electron chi connectivity index (χ1n) is 14.1. The Morgan fingerprint density at radius 1 is 0.818 bits per heavy atom. The molecule has 234 valence electrons. The normalized spacial score (nSPS) is 10.2. The summed E-state index contributed by atoms with van der Waals surface area (Å²) in [6.07, 6.45) is 15.1. The minimum Gasteiger partial charge on any atom is -0.545 e. The summed E-state index contributed by atoms with van der Waals surface area (Å²) in [4.78, 5) is 38.8. The number of carboxylic acid groups (broad SMARTS) is 2. The summed E-state index contributed by atoms with van der Waals surface area (Å²) >= 11 is 3.44. The van der Waals surface area contributed by atoms with Crippen LogP contribution in [0.2, 0.25) is 13.3 Å². The quantitative estimate of drug-likeness (QED) is 0.188. The number of carbonyl (C=O) groups excluding carboxylic acids is 1. The molecule has 0 spiro atoms. The summed E-state index contributed by atoms with van der Waals surface area (Å²) in [6, 6.07) is 6.69. The van der Waals surface area contributed by atoms with Crippen LogP contribution >= 0.6 is 38.6 Å². The fourth-order valence-corrected chi connectivity index (χ4v) is 21.3. The Balaban J connectivity index is 0.000000652. The Labute approximate surface area is 325 Å². The largest absolute Gasteiger partial charge is 1.00 e. The number of carbonyl (C=O) groups is 2. The van der Waals surface area contributed by atoms with Gasteiger partial charge in [0.25, 0.3) is 0 Å². The van der Waals surface area contributed by atoms with E-state index >= 15 is 0 Å². The van der Waals surface area contributed by atoms with Crippen molar-refractivity contribution in [2.45, 2.75) is 80.0 Å². The molecular formula is C31H42BrKN4O4S2Sn. The van der Waals surface area contributed by atoms with Gasteiger partial charge in [-0.1, -0.05) is 7.43 Å². The Bertz CT molecular complexity index is 1320. The van der Waals surface area contributed by atoms with Crippen LogP contribution in [-0.2, 0) is 0 Å². The predicted octanol–water partition coefficient (Wildman–Crippen LogP) is 4.95. The predicted molar refractivity (Wildman–Crippen MR) is 182 cm³/mol. The van der Waals surface area contributed by atoms with Crippen LogP contribution in [0.3, 0.4) is 0 Å². The van der Waals surface area contributed by atoms with E-state index in [-0.39, 0.29) is 64.4 Å². The third-order valence-corrected chi connectivity index (χ3v) is 23.8. The monoisotopic (exact) mass is 836 g/mol. The van der Waals surface area contributed by atoms with Gasteiger partial charge in [-0.3, -0.25) is 0 Å². The van der Waals surface area contributed by atoms with Crippen molar-refractivity contribution in [2.75, 3.05) is 0 Å². The number of carboxylic acids is 2. The molecule has 4 aromatic heterocycles. The molecule has 4 aromatic rings. The molecule has 0 unspecified atom stereocenters. The zero-order valence-corrected chi connectivity index (χ0v) is 34.5. The van der Waals surface area contributed by atoms with Gasteiger partial charge in [0.05, 0.1) is 20.2 Å². The molecule has 0 aliphatic heterocycles. The van der Waals surface area contributed by atoms with Gasteiger partial charge in [-0.25, -0.2) is 14.8 Å². The van der Waals surface area contributed by atoms with Crippen molar-refractivity contribution in [2.24, 2.45) is 0 Å². The SMILES string of the molecule is C.CCC[CH2][Sn]([CH2]CCC)([CH2]CCC)[c]1ncccn1.O=C(O)c1ccsc1Br.O=C([O-])c1ccsc1-c1ncccn1.[K+]. The van der Waals surface area contributed by atoms with Crippen LogP contribution in [0.5, 0.6) is 0 Å². The number of aromatic carboxylic acids is 2. The topological polar surface area (TPSA) is 129 Å². The molecule has 1 N–H and O–H groups in total. The molecule has 0 bridgehead atoms. The van der Waals surface area contributed by atoms with Gasteiger partial charge in [0.2, 0.25) is 0 Å². The van der Waals surface area contributed by atoms with Gasteiger partial charge in [-0.2, -0.15) is 0 Å². The van der Waals surface area contributed by atoms with E-state index in [4.69, 9.17) is 15.1 Å². The number of halogens is 1. The van der Waals surface area contributed by atoms with E-state index in [0.29, 0.717) is 20.1 Å². The van der Waals surface area contributed by atoms with Crippen molar-refractivity contribution in [3.8, 4) is 10.7 Å². The molecule has 0 aliphatic rings. The fraction of sp³-hybridized carbons (Fsp3) is 0.419. The van der Waals surface area contributed by atoms with Gasteiger partial charge in [-0.05, 0) is 44.9 Å². The molecule has 4 heterocycles.